The van der Waals surface area contributed by atoms with Gasteiger partial charge in [-0.15, -0.1) is 0 Å². The normalized spacial score (nSPS) is 13.4. The number of hydrogen-bond donors (Lipinski definition) is 3. The van der Waals surface area contributed by atoms with Gasteiger partial charge >= 0.3 is 5.97 Å². The van der Waals surface area contributed by atoms with Crippen molar-refractivity contribution in [1.82, 2.24) is 14.5 Å². The van der Waals surface area contributed by atoms with E-state index in [0.29, 0.717) is 48.0 Å². The van der Waals surface area contributed by atoms with E-state index in [1.807, 2.05) is 11.5 Å². The number of aromatic amines is 1. The molecule has 1 aliphatic heterocycles. The van der Waals surface area contributed by atoms with Gasteiger partial charge in [-0.05, 0) is 19.3 Å². The van der Waals surface area contributed by atoms with E-state index in [0.717, 1.165) is 5.69 Å². The van der Waals surface area contributed by atoms with Crippen molar-refractivity contribution in [2.24, 2.45) is 0 Å². The molecule has 0 amide bonds. The van der Waals surface area contributed by atoms with E-state index >= 15 is 0 Å². The number of nitrogens with zero attached hydrogens (tertiary/aromatic N) is 2. The van der Waals surface area contributed by atoms with Crippen molar-refractivity contribution in [2.45, 2.75) is 32.7 Å². The molecule has 0 fully saturated rings. The maximum atomic E-state index is 12.0. The average molecular weight is 324 g/mol. The number of fused-ring (bicyclic) bond motifs is 3. The molecular formula is C14H14ClN3O4. The van der Waals surface area contributed by atoms with Crippen LogP contribution in [0.2, 0.25) is 5.15 Å². The van der Waals surface area contributed by atoms with Gasteiger partial charge in [0.25, 0.3) is 5.56 Å². The number of carbonyl (C=O) groups is 1. The summed E-state index contributed by atoms with van der Waals surface area (Å²) in [5.41, 5.74) is 0.0915. The molecule has 2 aromatic rings. The Hall–Kier alpha value is -2.28. The fourth-order valence-corrected chi connectivity index (χ4v) is 3.22. The standard InChI is InChI=1S/C14H14ClN3O4/c1-2-7-11(15)17-12-9-6(4-3-5-18(7)12)10(19)8(14(21)22)13(20)16-9/h2-5H2,1H3,(H,21,22)(H2,16,19,20). The summed E-state index contributed by atoms with van der Waals surface area (Å²) in [7, 11) is 0. The van der Waals surface area contributed by atoms with Crippen LogP contribution in [0, 0.1) is 0 Å². The van der Waals surface area contributed by atoms with Gasteiger partial charge in [0.05, 0.1) is 11.4 Å². The zero-order chi connectivity index (χ0) is 16.0. The predicted octanol–water partition coefficient (Wildman–Crippen LogP) is 1.80. The lowest BCUT2D eigenvalue weighted by Gasteiger charge is -2.10. The van der Waals surface area contributed by atoms with Crippen LogP contribution in [0.15, 0.2) is 4.79 Å². The first-order valence-corrected chi connectivity index (χ1v) is 7.30. The van der Waals surface area contributed by atoms with Crippen LogP contribution in [0.4, 0.5) is 0 Å². The number of carboxylic acid groups (broad SMARTS) is 1. The molecule has 1 aliphatic rings. The number of aromatic carboxylic acids is 1. The number of hydrogen-bond acceptors (Lipinski definition) is 4. The second kappa shape index (κ2) is 5.17. The lowest BCUT2D eigenvalue weighted by molar-refractivity contribution is 0.0691. The van der Waals surface area contributed by atoms with Crippen molar-refractivity contribution in [3.05, 3.63) is 32.3 Å². The van der Waals surface area contributed by atoms with Gasteiger partial charge in [-0.2, -0.15) is 0 Å². The van der Waals surface area contributed by atoms with Gasteiger partial charge in [0.2, 0.25) is 0 Å². The fourth-order valence-electron chi connectivity index (χ4n) is 2.90. The van der Waals surface area contributed by atoms with Gasteiger partial charge in [-0.1, -0.05) is 18.5 Å². The number of nitrogens with one attached hydrogen (secondary N) is 1. The highest BCUT2D eigenvalue weighted by atomic mass is 35.5. The van der Waals surface area contributed by atoms with Crippen LogP contribution < -0.4 is 5.56 Å². The topological polar surface area (TPSA) is 108 Å². The summed E-state index contributed by atoms with van der Waals surface area (Å²) >= 11 is 6.14. The van der Waals surface area contributed by atoms with Crippen molar-refractivity contribution in [1.29, 1.82) is 0 Å². The molecule has 0 spiro atoms. The number of rotatable bonds is 2. The Labute approximate surface area is 130 Å². The predicted molar refractivity (Wildman–Crippen MR) is 79.6 cm³/mol. The highest BCUT2D eigenvalue weighted by molar-refractivity contribution is 6.30. The van der Waals surface area contributed by atoms with Gasteiger partial charge in [-0.3, -0.25) is 4.79 Å². The zero-order valence-corrected chi connectivity index (χ0v) is 12.6. The van der Waals surface area contributed by atoms with Crippen LogP contribution >= 0.6 is 11.6 Å². The number of halogens is 1. The lowest BCUT2D eigenvalue weighted by Crippen LogP contribution is -2.20. The molecule has 0 unspecified atom stereocenters. The second-order valence-electron chi connectivity index (χ2n) is 5.12. The third kappa shape index (κ3) is 2.00. The van der Waals surface area contributed by atoms with E-state index in [-0.39, 0.29) is 0 Å². The average Bonchev–Trinajstić information content (AvgIpc) is 2.65. The quantitative estimate of drug-likeness (QED) is 0.781. The minimum atomic E-state index is -1.46. The maximum Gasteiger partial charge on any atom is 0.345 e. The number of H-pyrrole nitrogens is 1. The van der Waals surface area contributed by atoms with E-state index in [9.17, 15) is 14.7 Å². The summed E-state index contributed by atoms with van der Waals surface area (Å²) in [5.74, 6) is -1.49. The monoisotopic (exact) mass is 323 g/mol. The molecule has 22 heavy (non-hydrogen) atoms. The van der Waals surface area contributed by atoms with E-state index in [4.69, 9.17) is 16.7 Å². The Balaban J connectivity index is 2.35. The first-order valence-electron chi connectivity index (χ1n) is 6.92. The summed E-state index contributed by atoms with van der Waals surface area (Å²) < 4.78 is 1.91. The SMILES string of the molecule is CCc1c(Cl)nc2n1CCCc1c-2[nH]c(=O)c(C(=O)O)c1O. The van der Waals surface area contributed by atoms with E-state index < -0.39 is 22.8 Å². The van der Waals surface area contributed by atoms with E-state index in [2.05, 4.69) is 9.97 Å². The van der Waals surface area contributed by atoms with Crippen molar-refractivity contribution in [3.63, 3.8) is 0 Å². The summed E-state index contributed by atoms with van der Waals surface area (Å²) in [6.07, 6.45) is 1.81. The highest BCUT2D eigenvalue weighted by Gasteiger charge is 2.28. The molecular weight excluding hydrogens is 310 g/mol. The second-order valence-corrected chi connectivity index (χ2v) is 5.48. The number of aromatic hydroxyl groups is 1. The van der Waals surface area contributed by atoms with Crippen LogP contribution in [0.3, 0.4) is 0 Å². The van der Waals surface area contributed by atoms with Gasteiger partial charge in [0, 0.05) is 12.1 Å². The minimum absolute atomic E-state index is 0.339. The van der Waals surface area contributed by atoms with Crippen molar-refractivity contribution in [2.75, 3.05) is 0 Å². The lowest BCUT2D eigenvalue weighted by atomic mass is 10.0. The fraction of sp³-hybridized carbons (Fsp3) is 0.357. The van der Waals surface area contributed by atoms with Gasteiger partial charge < -0.3 is 19.8 Å². The van der Waals surface area contributed by atoms with Crippen molar-refractivity contribution in [3.8, 4) is 17.3 Å². The minimum Gasteiger partial charge on any atom is -0.506 e. The molecule has 116 valence electrons. The van der Waals surface area contributed by atoms with Gasteiger partial charge in [-0.25, -0.2) is 9.78 Å². The summed E-state index contributed by atoms with van der Waals surface area (Å²) in [5, 5.41) is 19.6. The van der Waals surface area contributed by atoms with Gasteiger partial charge in [0.1, 0.15) is 5.75 Å². The third-order valence-corrected chi connectivity index (χ3v) is 4.20. The molecule has 8 heteroatoms. The molecule has 3 rings (SSSR count). The van der Waals surface area contributed by atoms with Crippen LogP contribution in [-0.4, -0.2) is 30.7 Å². The Morgan fingerprint density at radius 1 is 1.50 bits per heavy atom. The molecule has 0 radical (unpaired) electrons. The van der Waals surface area contributed by atoms with Crippen LogP contribution in [0.5, 0.6) is 5.75 Å². The Morgan fingerprint density at radius 3 is 2.86 bits per heavy atom. The summed E-state index contributed by atoms with van der Waals surface area (Å²) in [4.78, 5) is 29.9. The summed E-state index contributed by atoms with van der Waals surface area (Å²) in [6.45, 7) is 2.59. The third-order valence-electron chi connectivity index (χ3n) is 3.89. The molecule has 0 aromatic carbocycles. The molecule has 0 bridgehead atoms. The van der Waals surface area contributed by atoms with Crippen LogP contribution in [0.1, 0.15) is 35.0 Å². The van der Waals surface area contributed by atoms with Crippen LogP contribution in [-0.2, 0) is 19.4 Å². The highest BCUT2D eigenvalue weighted by Crippen LogP contribution is 2.35. The van der Waals surface area contributed by atoms with Crippen molar-refractivity contribution < 1.29 is 15.0 Å². The zero-order valence-electron chi connectivity index (χ0n) is 11.8. The largest absolute Gasteiger partial charge is 0.506 e. The van der Waals surface area contributed by atoms with Crippen LogP contribution in [0.25, 0.3) is 11.5 Å². The molecule has 0 atom stereocenters. The molecule has 2 aromatic heterocycles. The molecule has 0 aliphatic carbocycles. The number of pyridine rings is 1. The smallest absolute Gasteiger partial charge is 0.345 e. The number of aromatic nitrogens is 3. The maximum absolute atomic E-state index is 12.0. The van der Waals surface area contributed by atoms with E-state index in [1.54, 1.807) is 0 Å². The Bertz CT molecular complexity index is 838. The summed E-state index contributed by atoms with van der Waals surface area (Å²) in [6, 6.07) is 0. The molecule has 0 saturated carbocycles. The first kappa shape index (κ1) is 14.6. The Kier molecular flexibility index (Phi) is 3.44. The molecule has 0 saturated heterocycles. The number of carboxylic acids is 1. The molecule has 7 nitrogen and oxygen atoms in total. The van der Waals surface area contributed by atoms with Gasteiger partial charge in [0.15, 0.2) is 16.5 Å². The first-order chi connectivity index (χ1) is 10.5. The van der Waals surface area contributed by atoms with E-state index in [1.165, 1.54) is 0 Å². The number of imidazole rings is 1. The van der Waals surface area contributed by atoms with Crippen molar-refractivity contribution >= 4 is 17.6 Å². The molecule has 3 heterocycles. The Morgan fingerprint density at radius 2 is 2.23 bits per heavy atom. The molecule has 3 N–H and O–H groups in total.